The number of aromatic nitrogens is 3. The normalized spacial score (nSPS) is 11.6. The molecule has 7 nitrogen and oxygen atoms in total. The second kappa shape index (κ2) is 7.62. The van der Waals surface area contributed by atoms with E-state index in [0.717, 1.165) is 10.9 Å². The van der Waals surface area contributed by atoms with Gasteiger partial charge in [0.05, 0.1) is 12.2 Å². The Morgan fingerprint density at radius 3 is 2.80 bits per heavy atom. The van der Waals surface area contributed by atoms with Crippen molar-refractivity contribution < 1.29 is 5.11 Å². The van der Waals surface area contributed by atoms with Gasteiger partial charge in [0.25, 0.3) is 5.56 Å². The molecule has 0 saturated carbocycles. The predicted molar refractivity (Wildman–Crippen MR) is 105 cm³/mol. The third-order valence-corrected chi connectivity index (χ3v) is 3.89. The molecule has 4 N–H and O–H groups in total. The molecule has 3 aromatic rings. The van der Waals surface area contributed by atoms with Crippen LogP contribution in [-0.4, -0.2) is 27.1 Å². The van der Waals surface area contributed by atoms with E-state index in [1.807, 2.05) is 6.92 Å². The molecule has 0 bridgehead atoms. The van der Waals surface area contributed by atoms with E-state index in [0.29, 0.717) is 22.4 Å². The number of nitrogens with zero attached hydrogens (tertiary/aromatic N) is 2. The first-order valence-corrected chi connectivity index (χ1v) is 7.68. The fourth-order valence-electron chi connectivity index (χ4n) is 2.42. The summed E-state index contributed by atoms with van der Waals surface area (Å²) in [4.78, 5) is 23.3. The van der Waals surface area contributed by atoms with E-state index in [9.17, 15) is 9.90 Å². The van der Waals surface area contributed by atoms with Gasteiger partial charge in [0, 0.05) is 28.5 Å². The SMILES string of the molecule is CNc1nc(N[C@@H](C)c2cc3cc(Cl)ccc3[nH]c2=O)ncc1O.S. The fraction of sp³-hybridized carbons (Fsp3) is 0.188. The zero-order valence-corrected chi connectivity index (χ0v) is 15.3. The summed E-state index contributed by atoms with van der Waals surface area (Å²) in [5, 5.41) is 16.9. The molecule has 0 unspecified atom stereocenters. The summed E-state index contributed by atoms with van der Waals surface area (Å²) in [6, 6.07) is 6.73. The number of fused-ring (bicyclic) bond motifs is 1. The highest BCUT2D eigenvalue weighted by molar-refractivity contribution is 7.59. The largest absolute Gasteiger partial charge is 0.503 e. The molecule has 9 heteroatoms. The van der Waals surface area contributed by atoms with E-state index in [1.165, 1.54) is 6.20 Å². The maximum atomic E-state index is 12.3. The van der Waals surface area contributed by atoms with Crippen LogP contribution in [0.2, 0.25) is 5.02 Å². The molecule has 1 aromatic carbocycles. The lowest BCUT2D eigenvalue weighted by Crippen LogP contribution is -2.20. The van der Waals surface area contributed by atoms with Crippen LogP contribution in [0.3, 0.4) is 0 Å². The number of hydrogen-bond donors (Lipinski definition) is 4. The molecule has 0 fully saturated rings. The quantitative estimate of drug-likeness (QED) is 0.555. The van der Waals surface area contributed by atoms with E-state index in [1.54, 1.807) is 31.3 Å². The van der Waals surface area contributed by atoms with Crippen molar-refractivity contribution in [2.24, 2.45) is 0 Å². The summed E-state index contributed by atoms with van der Waals surface area (Å²) in [5.41, 5.74) is 1.06. The zero-order chi connectivity index (χ0) is 17.3. The van der Waals surface area contributed by atoms with Crippen LogP contribution in [0, 0.1) is 0 Å². The molecule has 0 aliphatic rings. The molecule has 1 atom stereocenters. The van der Waals surface area contributed by atoms with E-state index < -0.39 is 0 Å². The molecule has 3 rings (SSSR count). The molecule has 2 aromatic heterocycles. The number of benzene rings is 1. The minimum absolute atomic E-state index is 0. The molecule has 0 amide bonds. The Morgan fingerprint density at radius 2 is 2.08 bits per heavy atom. The van der Waals surface area contributed by atoms with Gasteiger partial charge in [0.2, 0.25) is 5.95 Å². The lowest BCUT2D eigenvalue weighted by Gasteiger charge is -2.15. The van der Waals surface area contributed by atoms with Gasteiger partial charge in [0.15, 0.2) is 11.6 Å². The number of aromatic amines is 1. The minimum atomic E-state index is -0.341. The molecular weight excluding hydrogens is 362 g/mol. The first kappa shape index (κ1) is 18.9. The van der Waals surface area contributed by atoms with E-state index in [4.69, 9.17) is 11.6 Å². The van der Waals surface area contributed by atoms with Crippen molar-refractivity contribution in [1.82, 2.24) is 15.0 Å². The van der Waals surface area contributed by atoms with Gasteiger partial charge >= 0.3 is 0 Å². The number of rotatable bonds is 4. The van der Waals surface area contributed by atoms with Crippen LogP contribution in [0.5, 0.6) is 5.75 Å². The zero-order valence-electron chi connectivity index (χ0n) is 13.6. The van der Waals surface area contributed by atoms with E-state index >= 15 is 0 Å². The number of aromatic hydroxyl groups is 1. The van der Waals surface area contributed by atoms with Crippen LogP contribution < -0.4 is 16.2 Å². The number of anilines is 2. The fourth-order valence-corrected chi connectivity index (χ4v) is 2.60. The highest BCUT2D eigenvalue weighted by Crippen LogP contribution is 2.23. The Kier molecular flexibility index (Phi) is 5.76. The number of halogens is 1. The third-order valence-electron chi connectivity index (χ3n) is 3.65. The molecular formula is C16H18ClN5O2S. The molecule has 0 spiro atoms. The van der Waals surface area contributed by atoms with Crippen LogP contribution in [-0.2, 0) is 0 Å². The van der Waals surface area contributed by atoms with Gasteiger partial charge in [-0.25, -0.2) is 4.98 Å². The van der Waals surface area contributed by atoms with Gasteiger partial charge in [-0.05, 0) is 31.2 Å². The average molecular weight is 380 g/mol. The van der Waals surface area contributed by atoms with E-state index in [-0.39, 0.29) is 30.8 Å². The van der Waals surface area contributed by atoms with Gasteiger partial charge in [-0.1, -0.05) is 11.6 Å². The van der Waals surface area contributed by atoms with Crippen molar-refractivity contribution >= 4 is 47.8 Å². The van der Waals surface area contributed by atoms with Gasteiger partial charge in [-0.15, -0.1) is 0 Å². The second-order valence-electron chi connectivity index (χ2n) is 5.33. The van der Waals surface area contributed by atoms with Crippen LogP contribution in [0.25, 0.3) is 10.9 Å². The van der Waals surface area contributed by atoms with Crippen LogP contribution >= 0.6 is 25.1 Å². The topological polar surface area (TPSA) is 103 Å². The van der Waals surface area contributed by atoms with Crippen molar-refractivity contribution in [3.63, 3.8) is 0 Å². The van der Waals surface area contributed by atoms with Crippen molar-refractivity contribution in [3.05, 3.63) is 51.4 Å². The summed E-state index contributed by atoms with van der Waals surface area (Å²) < 4.78 is 0. The summed E-state index contributed by atoms with van der Waals surface area (Å²) in [6.45, 7) is 1.83. The Hall–Kier alpha value is -2.45. The molecule has 0 aliphatic carbocycles. The van der Waals surface area contributed by atoms with Gasteiger partial charge in [-0.3, -0.25) is 4.79 Å². The number of pyridine rings is 1. The lowest BCUT2D eigenvalue weighted by molar-refractivity contribution is 0.472. The molecule has 0 aliphatic heterocycles. The average Bonchev–Trinajstić information content (AvgIpc) is 2.56. The summed E-state index contributed by atoms with van der Waals surface area (Å²) in [7, 11) is 1.65. The molecule has 2 heterocycles. The van der Waals surface area contributed by atoms with E-state index in [2.05, 4.69) is 25.6 Å². The van der Waals surface area contributed by atoms with Crippen LogP contribution in [0.4, 0.5) is 11.8 Å². The highest BCUT2D eigenvalue weighted by Gasteiger charge is 2.13. The summed E-state index contributed by atoms with van der Waals surface area (Å²) in [5.74, 6) is 0.558. The number of hydrogen-bond acceptors (Lipinski definition) is 6. The smallest absolute Gasteiger partial charge is 0.253 e. The number of H-pyrrole nitrogens is 1. The van der Waals surface area contributed by atoms with Gasteiger partial charge in [-0.2, -0.15) is 18.5 Å². The summed E-state index contributed by atoms with van der Waals surface area (Å²) in [6.07, 6.45) is 1.29. The lowest BCUT2D eigenvalue weighted by atomic mass is 10.1. The highest BCUT2D eigenvalue weighted by atomic mass is 35.5. The molecule has 0 radical (unpaired) electrons. The van der Waals surface area contributed by atoms with Gasteiger partial charge < -0.3 is 20.7 Å². The maximum Gasteiger partial charge on any atom is 0.253 e. The van der Waals surface area contributed by atoms with Crippen molar-refractivity contribution in [2.45, 2.75) is 13.0 Å². The Bertz CT molecular complexity index is 963. The van der Waals surface area contributed by atoms with Crippen molar-refractivity contribution in [2.75, 3.05) is 17.7 Å². The third kappa shape index (κ3) is 3.97. The predicted octanol–water partition coefficient (Wildman–Crippen LogP) is 3.00. The monoisotopic (exact) mass is 379 g/mol. The second-order valence-corrected chi connectivity index (χ2v) is 5.77. The molecule has 25 heavy (non-hydrogen) atoms. The number of nitrogens with one attached hydrogen (secondary N) is 3. The standard InChI is InChI=1S/C16H16ClN5O2.H2S/c1-8(20-16-19-7-13(23)14(18-2)22-16)11-6-9-5-10(17)3-4-12(9)21-15(11)24;/h3-8,23H,1-2H3,(H,21,24)(H2,18,19,20,22);1H2/t8-;/m0./s1. The Balaban J connectivity index is 0.00000225. The van der Waals surface area contributed by atoms with Crippen molar-refractivity contribution in [1.29, 1.82) is 0 Å². The van der Waals surface area contributed by atoms with Gasteiger partial charge in [0.1, 0.15) is 0 Å². The Morgan fingerprint density at radius 1 is 1.32 bits per heavy atom. The first-order valence-electron chi connectivity index (χ1n) is 7.30. The minimum Gasteiger partial charge on any atom is -0.503 e. The summed E-state index contributed by atoms with van der Waals surface area (Å²) >= 11 is 6.01. The maximum absolute atomic E-state index is 12.3. The molecule has 0 saturated heterocycles. The molecule has 132 valence electrons. The Labute approximate surface area is 155 Å². The van der Waals surface area contributed by atoms with Crippen LogP contribution in [0.15, 0.2) is 35.3 Å². The first-order chi connectivity index (χ1) is 11.5. The van der Waals surface area contributed by atoms with Crippen molar-refractivity contribution in [3.8, 4) is 5.75 Å². The van der Waals surface area contributed by atoms with Crippen LogP contribution in [0.1, 0.15) is 18.5 Å².